The van der Waals surface area contributed by atoms with Crippen molar-refractivity contribution in [3.05, 3.63) is 18.7 Å². The highest BCUT2D eigenvalue weighted by Crippen LogP contribution is 2.32. The molecule has 142 valence electrons. The van der Waals surface area contributed by atoms with Gasteiger partial charge in [-0.1, -0.05) is 0 Å². The van der Waals surface area contributed by atoms with Crippen LogP contribution in [0, 0.1) is 11.8 Å². The summed E-state index contributed by atoms with van der Waals surface area (Å²) < 4.78 is 1.82. The van der Waals surface area contributed by atoms with E-state index in [0.717, 1.165) is 58.4 Å². The van der Waals surface area contributed by atoms with Crippen molar-refractivity contribution in [1.82, 2.24) is 24.7 Å². The Morgan fingerprint density at radius 1 is 1.23 bits per heavy atom. The minimum atomic E-state index is 0.156. The lowest BCUT2D eigenvalue weighted by molar-refractivity contribution is -0.145. The van der Waals surface area contributed by atoms with Crippen molar-refractivity contribution in [3.8, 4) is 0 Å². The van der Waals surface area contributed by atoms with Crippen LogP contribution in [0.25, 0.3) is 0 Å². The maximum absolute atomic E-state index is 12.6. The highest BCUT2D eigenvalue weighted by atomic mass is 16.2. The first-order chi connectivity index (χ1) is 12.7. The molecule has 0 aromatic carbocycles. The van der Waals surface area contributed by atoms with Gasteiger partial charge >= 0.3 is 0 Å². The van der Waals surface area contributed by atoms with Crippen molar-refractivity contribution < 1.29 is 9.59 Å². The molecule has 0 unspecified atom stereocenters. The lowest BCUT2D eigenvalue weighted by Gasteiger charge is -2.48. The Bertz CT molecular complexity index is 626. The summed E-state index contributed by atoms with van der Waals surface area (Å²) in [6, 6.07) is 0.323. The van der Waals surface area contributed by atoms with Crippen LogP contribution in [-0.2, 0) is 16.1 Å². The topological polar surface area (TPSA) is 70.5 Å². The molecule has 1 N–H and O–H groups in total. The molecule has 2 amide bonds. The third kappa shape index (κ3) is 3.77. The molecule has 3 aliphatic heterocycles. The molecule has 0 spiro atoms. The molecule has 4 rings (SSSR count). The number of nitrogens with one attached hydrogen (secondary N) is 1. The van der Waals surface area contributed by atoms with Gasteiger partial charge in [0.25, 0.3) is 0 Å². The first-order valence-corrected chi connectivity index (χ1v) is 9.94. The van der Waals surface area contributed by atoms with Gasteiger partial charge in [-0.3, -0.25) is 9.59 Å². The number of carbonyl (C=O) groups is 2. The van der Waals surface area contributed by atoms with Gasteiger partial charge in [0.05, 0.1) is 6.33 Å². The van der Waals surface area contributed by atoms with Crippen LogP contribution in [0.15, 0.2) is 18.7 Å². The van der Waals surface area contributed by atoms with Crippen molar-refractivity contribution >= 4 is 11.8 Å². The Labute approximate surface area is 154 Å². The monoisotopic (exact) mass is 359 g/mol. The highest BCUT2D eigenvalue weighted by Gasteiger charge is 2.40. The summed E-state index contributed by atoms with van der Waals surface area (Å²) >= 11 is 0. The summed E-state index contributed by atoms with van der Waals surface area (Å²) in [7, 11) is 0. The molecule has 26 heavy (non-hydrogen) atoms. The summed E-state index contributed by atoms with van der Waals surface area (Å²) in [5.41, 5.74) is 0. The number of hydrogen-bond donors (Lipinski definition) is 1. The Morgan fingerprint density at radius 3 is 2.85 bits per heavy atom. The maximum atomic E-state index is 12.6. The van der Waals surface area contributed by atoms with Crippen LogP contribution in [0.4, 0.5) is 0 Å². The summed E-state index contributed by atoms with van der Waals surface area (Å²) in [4.78, 5) is 33.3. The molecule has 7 nitrogen and oxygen atoms in total. The van der Waals surface area contributed by atoms with Crippen LogP contribution in [0.3, 0.4) is 0 Å². The second-order valence-electron chi connectivity index (χ2n) is 7.97. The average Bonchev–Trinajstić information content (AvgIpc) is 3.17. The Morgan fingerprint density at radius 2 is 2.08 bits per heavy atom. The number of nitrogens with zero attached hydrogens (tertiary/aromatic N) is 4. The van der Waals surface area contributed by atoms with Crippen LogP contribution >= 0.6 is 0 Å². The fourth-order valence-corrected chi connectivity index (χ4v) is 4.79. The third-order valence-electron chi connectivity index (χ3n) is 6.29. The lowest BCUT2D eigenvalue weighted by atomic mass is 9.82. The van der Waals surface area contributed by atoms with Crippen LogP contribution in [-0.4, -0.2) is 69.9 Å². The number of imidazole rings is 1. The molecule has 0 aliphatic carbocycles. The van der Waals surface area contributed by atoms with E-state index in [9.17, 15) is 9.59 Å². The van der Waals surface area contributed by atoms with Gasteiger partial charge in [0.1, 0.15) is 6.54 Å². The Kier molecular flexibility index (Phi) is 5.24. The number of hydrogen-bond acceptors (Lipinski definition) is 4. The molecular formula is C19H29N5O2. The normalized spacial score (nSPS) is 27.5. The Balaban J connectivity index is 1.37. The van der Waals surface area contributed by atoms with Crippen molar-refractivity contribution in [1.29, 1.82) is 0 Å². The van der Waals surface area contributed by atoms with Gasteiger partial charge in [-0.15, -0.1) is 0 Å². The Hall–Kier alpha value is -1.89. The highest BCUT2D eigenvalue weighted by molar-refractivity contribution is 5.78. The quantitative estimate of drug-likeness (QED) is 0.860. The molecule has 3 aliphatic rings. The third-order valence-corrected chi connectivity index (χ3v) is 6.29. The van der Waals surface area contributed by atoms with Crippen LogP contribution in [0.5, 0.6) is 0 Å². The number of likely N-dealkylation sites (tertiary alicyclic amines) is 2. The summed E-state index contributed by atoms with van der Waals surface area (Å²) in [5.74, 6) is 1.53. The zero-order valence-corrected chi connectivity index (χ0v) is 15.3. The number of carbonyl (C=O) groups excluding carboxylic acids is 2. The van der Waals surface area contributed by atoms with E-state index < -0.39 is 0 Å². The predicted octanol–water partition coefficient (Wildman–Crippen LogP) is 0.722. The second kappa shape index (κ2) is 7.78. The first kappa shape index (κ1) is 17.5. The molecule has 1 aromatic rings. The largest absolute Gasteiger partial charge is 0.341 e. The number of fused-ring (bicyclic) bond motifs is 1. The van der Waals surface area contributed by atoms with Crippen molar-refractivity contribution in [2.45, 2.75) is 44.7 Å². The molecular weight excluding hydrogens is 330 g/mol. The van der Waals surface area contributed by atoms with Gasteiger partial charge in [-0.2, -0.15) is 0 Å². The van der Waals surface area contributed by atoms with Gasteiger partial charge in [-0.25, -0.2) is 4.98 Å². The number of amides is 2. The molecule has 4 heterocycles. The van der Waals surface area contributed by atoms with Crippen LogP contribution in [0.1, 0.15) is 32.1 Å². The van der Waals surface area contributed by atoms with Crippen molar-refractivity contribution in [2.75, 3.05) is 32.7 Å². The molecule has 2 atom stereocenters. The minimum Gasteiger partial charge on any atom is -0.341 e. The molecule has 7 heteroatoms. The molecule has 3 fully saturated rings. The predicted molar refractivity (Wildman–Crippen MR) is 97.2 cm³/mol. The zero-order chi connectivity index (χ0) is 17.9. The molecule has 1 aromatic heterocycles. The maximum Gasteiger partial charge on any atom is 0.242 e. The lowest BCUT2D eigenvalue weighted by Crippen LogP contribution is -2.58. The van der Waals surface area contributed by atoms with E-state index in [1.807, 2.05) is 15.7 Å². The minimum absolute atomic E-state index is 0.156. The first-order valence-electron chi connectivity index (χ1n) is 9.94. The van der Waals surface area contributed by atoms with Gasteiger partial charge in [0, 0.05) is 44.5 Å². The summed E-state index contributed by atoms with van der Waals surface area (Å²) in [6.07, 6.45) is 10.0. The average molecular weight is 359 g/mol. The number of piperidine rings is 3. The summed E-state index contributed by atoms with van der Waals surface area (Å²) in [6.45, 7) is 4.94. The van der Waals surface area contributed by atoms with E-state index in [-0.39, 0.29) is 5.91 Å². The van der Waals surface area contributed by atoms with Crippen molar-refractivity contribution in [3.63, 3.8) is 0 Å². The van der Waals surface area contributed by atoms with Crippen LogP contribution in [0.2, 0.25) is 0 Å². The number of rotatable bonds is 4. The van der Waals surface area contributed by atoms with Gasteiger partial charge < -0.3 is 19.7 Å². The van der Waals surface area contributed by atoms with E-state index in [1.54, 1.807) is 12.5 Å². The zero-order valence-electron chi connectivity index (χ0n) is 15.3. The van der Waals surface area contributed by atoms with Gasteiger partial charge in [0.2, 0.25) is 11.8 Å². The molecule has 0 saturated carbocycles. The SMILES string of the molecule is O=C(Cn1ccnc1)N1CC[C@H]2[C@H](CCC(=O)N2CC2CCNCC2)C1. The number of aromatic nitrogens is 2. The fraction of sp³-hybridized carbons (Fsp3) is 0.737. The van der Waals surface area contributed by atoms with E-state index in [1.165, 1.54) is 0 Å². The smallest absolute Gasteiger partial charge is 0.242 e. The van der Waals surface area contributed by atoms with E-state index >= 15 is 0 Å². The van der Waals surface area contributed by atoms with Crippen LogP contribution < -0.4 is 5.32 Å². The van der Waals surface area contributed by atoms with Gasteiger partial charge in [-0.05, 0) is 50.6 Å². The molecule has 0 radical (unpaired) electrons. The fourth-order valence-electron chi connectivity index (χ4n) is 4.79. The molecule has 3 saturated heterocycles. The van der Waals surface area contributed by atoms with E-state index in [0.29, 0.717) is 36.8 Å². The molecule has 0 bridgehead atoms. The standard InChI is InChI=1S/C19H29N5O2/c25-18-2-1-16-12-23(19(26)13-22-10-8-21-14-22)9-5-17(16)24(18)11-15-3-6-20-7-4-15/h8,10,14-17,20H,1-7,9,11-13H2/t16-,17+/m1/s1. The van der Waals surface area contributed by atoms with Gasteiger partial charge in [0.15, 0.2) is 0 Å². The van der Waals surface area contributed by atoms with Crippen molar-refractivity contribution in [2.24, 2.45) is 11.8 Å². The van der Waals surface area contributed by atoms with E-state index in [2.05, 4.69) is 15.2 Å². The van der Waals surface area contributed by atoms with E-state index in [4.69, 9.17) is 0 Å². The second-order valence-corrected chi connectivity index (χ2v) is 7.97. The summed E-state index contributed by atoms with van der Waals surface area (Å²) in [5, 5.41) is 3.40.